The summed E-state index contributed by atoms with van der Waals surface area (Å²) in [5.74, 6) is 0. The first-order valence-electron chi connectivity index (χ1n) is 6.98. The summed E-state index contributed by atoms with van der Waals surface area (Å²) in [4.78, 5) is 0. The van der Waals surface area contributed by atoms with Crippen molar-refractivity contribution in [3.05, 3.63) is 24.0 Å². The second-order valence-corrected chi connectivity index (χ2v) is 5.05. The first-order chi connectivity index (χ1) is 7.75. The van der Waals surface area contributed by atoms with Crippen molar-refractivity contribution < 1.29 is 4.48 Å². The maximum absolute atomic E-state index is 2.40. The van der Waals surface area contributed by atoms with E-state index in [0.29, 0.717) is 0 Å². The van der Waals surface area contributed by atoms with Crippen molar-refractivity contribution in [3.63, 3.8) is 0 Å². The van der Waals surface area contributed by atoms with Crippen molar-refractivity contribution in [2.75, 3.05) is 13.1 Å². The zero-order valence-corrected chi connectivity index (χ0v) is 11.3. The fourth-order valence-electron chi connectivity index (χ4n) is 2.49. The van der Waals surface area contributed by atoms with Crippen molar-refractivity contribution >= 4 is 0 Å². The first kappa shape index (κ1) is 13.5. The Kier molecular flexibility index (Phi) is 5.83. The van der Waals surface area contributed by atoms with Crippen molar-refractivity contribution in [1.82, 2.24) is 0 Å². The van der Waals surface area contributed by atoms with Gasteiger partial charge in [-0.2, -0.15) is 0 Å². The van der Waals surface area contributed by atoms with E-state index in [1.54, 1.807) is 0 Å². The number of quaternary nitrogens is 1. The number of unbranched alkanes of at least 4 members (excludes halogenated alkanes) is 4. The maximum Gasteiger partial charge on any atom is 0.110 e. The van der Waals surface area contributed by atoms with Crippen LogP contribution in [0.25, 0.3) is 0 Å². The molecule has 0 aromatic heterocycles. The quantitative estimate of drug-likeness (QED) is 0.415. The third kappa shape index (κ3) is 3.48. The normalized spacial score (nSPS) is 23.8. The lowest BCUT2D eigenvalue weighted by atomic mass is 10.1. The fourth-order valence-corrected chi connectivity index (χ4v) is 2.49. The van der Waals surface area contributed by atoms with Crippen molar-refractivity contribution in [3.8, 4) is 0 Å². The minimum atomic E-state index is 1.14. The van der Waals surface area contributed by atoms with Crippen LogP contribution in [0.1, 0.15) is 59.3 Å². The van der Waals surface area contributed by atoms with Gasteiger partial charge in [0, 0.05) is 6.92 Å². The van der Waals surface area contributed by atoms with Crippen LogP contribution in [0.5, 0.6) is 0 Å². The average Bonchev–Trinajstić information content (AvgIpc) is 2.64. The molecule has 92 valence electrons. The molecule has 1 unspecified atom stereocenters. The van der Waals surface area contributed by atoms with E-state index in [9.17, 15) is 0 Å². The first-order valence-corrected chi connectivity index (χ1v) is 6.98. The lowest BCUT2D eigenvalue weighted by Crippen LogP contribution is -2.41. The zero-order chi connectivity index (χ0) is 11.9. The lowest BCUT2D eigenvalue weighted by Gasteiger charge is -2.33. The summed E-state index contributed by atoms with van der Waals surface area (Å²) in [6.45, 7) is 9.45. The van der Waals surface area contributed by atoms with Crippen LogP contribution in [-0.4, -0.2) is 17.6 Å². The lowest BCUT2D eigenvalue weighted by molar-refractivity contribution is -0.839. The number of rotatable bonds is 8. The molecule has 0 aromatic carbocycles. The van der Waals surface area contributed by atoms with Gasteiger partial charge in [-0.05, 0) is 31.4 Å². The Morgan fingerprint density at radius 3 is 2.19 bits per heavy atom. The Bertz CT molecular complexity index is 252. The molecule has 0 spiro atoms. The number of allylic oxidation sites excluding steroid dienone is 3. The van der Waals surface area contributed by atoms with Crippen LogP contribution < -0.4 is 0 Å². The highest BCUT2D eigenvalue weighted by Crippen LogP contribution is 2.26. The molecule has 0 saturated carbocycles. The van der Waals surface area contributed by atoms with Gasteiger partial charge in [0.05, 0.1) is 13.1 Å². The van der Waals surface area contributed by atoms with E-state index in [1.807, 2.05) is 0 Å². The minimum Gasteiger partial charge on any atom is -0.269 e. The summed E-state index contributed by atoms with van der Waals surface area (Å²) < 4.78 is 1.14. The largest absolute Gasteiger partial charge is 0.269 e. The van der Waals surface area contributed by atoms with Gasteiger partial charge in [0.15, 0.2) is 0 Å². The molecule has 1 aliphatic heterocycles. The van der Waals surface area contributed by atoms with E-state index in [2.05, 4.69) is 39.1 Å². The van der Waals surface area contributed by atoms with Gasteiger partial charge in [0.25, 0.3) is 0 Å². The van der Waals surface area contributed by atoms with Crippen LogP contribution in [0, 0.1) is 0 Å². The molecule has 0 fully saturated rings. The number of hydrogen-bond acceptors (Lipinski definition) is 0. The Labute approximate surface area is 101 Å². The third-order valence-electron chi connectivity index (χ3n) is 3.73. The Morgan fingerprint density at radius 1 is 0.938 bits per heavy atom. The molecule has 1 heterocycles. The molecule has 0 aliphatic carbocycles. The number of hydrogen-bond donors (Lipinski definition) is 0. The van der Waals surface area contributed by atoms with Gasteiger partial charge < -0.3 is 0 Å². The summed E-state index contributed by atoms with van der Waals surface area (Å²) in [5, 5.41) is 0. The molecule has 0 radical (unpaired) electrons. The Balaban J connectivity index is 2.45. The topological polar surface area (TPSA) is 0 Å². The van der Waals surface area contributed by atoms with Gasteiger partial charge in [-0.25, -0.2) is 0 Å². The van der Waals surface area contributed by atoms with Crippen molar-refractivity contribution in [2.24, 2.45) is 0 Å². The molecule has 16 heavy (non-hydrogen) atoms. The van der Waals surface area contributed by atoms with Crippen LogP contribution in [-0.2, 0) is 0 Å². The molecule has 0 N–H and O–H groups in total. The minimum absolute atomic E-state index is 1.14. The van der Waals surface area contributed by atoms with Gasteiger partial charge >= 0.3 is 0 Å². The van der Waals surface area contributed by atoms with Crippen molar-refractivity contribution in [1.29, 1.82) is 0 Å². The third-order valence-corrected chi connectivity index (χ3v) is 3.73. The van der Waals surface area contributed by atoms with Crippen LogP contribution in [0.3, 0.4) is 0 Å². The predicted molar refractivity (Wildman–Crippen MR) is 71.9 cm³/mol. The average molecular weight is 222 g/mol. The molecule has 1 heteroatoms. The fraction of sp³-hybridized carbons (Fsp3) is 0.733. The summed E-state index contributed by atoms with van der Waals surface area (Å²) in [6.07, 6.45) is 15.0. The highest BCUT2D eigenvalue weighted by Gasteiger charge is 2.28. The van der Waals surface area contributed by atoms with E-state index in [-0.39, 0.29) is 0 Å². The summed E-state index contributed by atoms with van der Waals surface area (Å²) in [7, 11) is 0. The summed E-state index contributed by atoms with van der Waals surface area (Å²) in [6, 6.07) is 0. The SMILES string of the molecule is CCCCCC[N+]1(CCCC)C=CC=C1C. The van der Waals surface area contributed by atoms with Crippen LogP contribution in [0.4, 0.5) is 0 Å². The highest BCUT2D eigenvalue weighted by atomic mass is 15.4. The monoisotopic (exact) mass is 222 g/mol. The molecular formula is C15H28N+. The van der Waals surface area contributed by atoms with Gasteiger partial charge in [0.1, 0.15) is 11.9 Å². The molecule has 0 saturated heterocycles. The molecule has 0 amide bonds. The van der Waals surface area contributed by atoms with E-state index < -0.39 is 0 Å². The van der Waals surface area contributed by atoms with Crippen molar-refractivity contribution in [2.45, 2.75) is 59.3 Å². The Morgan fingerprint density at radius 2 is 1.62 bits per heavy atom. The van der Waals surface area contributed by atoms with E-state index in [1.165, 1.54) is 57.3 Å². The van der Waals surface area contributed by atoms with E-state index in [0.717, 1.165) is 4.48 Å². The second kappa shape index (κ2) is 6.90. The maximum atomic E-state index is 2.40. The summed E-state index contributed by atoms with van der Waals surface area (Å²) >= 11 is 0. The smallest absolute Gasteiger partial charge is 0.110 e. The standard InChI is InChI=1S/C15H28N/c1-4-6-8-9-13-16(12-7-5-2)14-10-11-15(16)3/h10-11,14H,4-9,12-13H2,1-3H3/q+1. The van der Waals surface area contributed by atoms with Gasteiger partial charge in [0.2, 0.25) is 0 Å². The van der Waals surface area contributed by atoms with Gasteiger partial charge in [-0.15, -0.1) is 0 Å². The summed E-state index contributed by atoms with van der Waals surface area (Å²) in [5.41, 5.74) is 1.53. The van der Waals surface area contributed by atoms with Gasteiger partial charge in [-0.1, -0.05) is 33.1 Å². The van der Waals surface area contributed by atoms with Crippen LogP contribution >= 0.6 is 0 Å². The zero-order valence-electron chi connectivity index (χ0n) is 11.3. The molecule has 1 aliphatic rings. The van der Waals surface area contributed by atoms with Crippen LogP contribution in [0.2, 0.25) is 0 Å². The molecule has 1 rings (SSSR count). The molecular weight excluding hydrogens is 194 g/mol. The van der Waals surface area contributed by atoms with E-state index in [4.69, 9.17) is 0 Å². The van der Waals surface area contributed by atoms with Gasteiger partial charge in [-0.3, -0.25) is 4.48 Å². The second-order valence-electron chi connectivity index (χ2n) is 5.05. The molecule has 1 nitrogen and oxygen atoms in total. The highest BCUT2D eigenvalue weighted by molar-refractivity contribution is 5.11. The van der Waals surface area contributed by atoms with Crippen LogP contribution in [0.15, 0.2) is 24.0 Å². The number of nitrogens with zero attached hydrogens (tertiary/aromatic N) is 1. The molecule has 0 aromatic rings. The molecule has 0 bridgehead atoms. The Hall–Kier alpha value is -0.560. The predicted octanol–water partition coefficient (Wildman–Crippen LogP) is 4.61. The van der Waals surface area contributed by atoms with E-state index >= 15 is 0 Å². The molecule has 1 atom stereocenters.